The lowest BCUT2D eigenvalue weighted by Gasteiger charge is -2.15. The Morgan fingerprint density at radius 2 is 2.10 bits per heavy atom. The SMILES string of the molecule is O=C(NC1COCC1C(=O)O)c1cc(F)cc([N+](=O)[O-])c1. The lowest BCUT2D eigenvalue weighted by atomic mass is 10.0. The second kappa shape index (κ2) is 5.83. The Hall–Kier alpha value is -2.55. The van der Waals surface area contributed by atoms with Gasteiger partial charge in [0.25, 0.3) is 11.6 Å². The molecule has 1 aromatic carbocycles. The van der Waals surface area contributed by atoms with Crippen LogP contribution in [0.3, 0.4) is 0 Å². The van der Waals surface area contributed by atoms with E-state index in [4.69, 9.17) is 9.84 Å². The molecule has 0 aliphatic carbocycles. The van der Waals surface area contributed by atoms with Gasteiger partial charge in [-0.25, -0.2) is 4.39 Å². The summed E-state index contributed by atoms with van der Waals surface area (Å²) in [6.07, 6.45) is 0. The summed E-state index contributed by atoms with van der Waals surface area (Å²) >= 11 is 0. The van der Waals surface area contributed by atoms with E-state index in [2.05, 4.69) is 5.32 Å². The molecule has 1 heterocycles. The Morgan fingerprint density at radius 3 is 2.71 bits per heavy atom. The number of nitro benzene ring substituents is 1. The Labute approximate surface area is 117 Å². The van der Waals surface area contributed by atoms with Gasteiger partial charge in [0.2, 0.25) is 0 Å². The second-order valence-electron chi connectivity index (χ2n) is 4.52. The van der Waals surface area contributed by atoms with Gasteiger partial charge in [0, 0.05) is 11.6 Å². The first-order valence-corrected chi connectivity index (χ1v) is 5.95. The number of hydrogen-bond acceptors (Lipinski definition) is 5. The summed E-state index contributed by atoms with van der Waals surface area (Å²) in [4.78, 5) is 32.7. The molecule has 0 radical (unpaired) electrons. The van der Waals surface area contributed by atoms with Crippen molar-refractivity contribution in [3.8, 4) is 0 Å². The Bertz CT molecular complexity index is 605. The molecule has 1 saturated heterocycles. The molecule has 2 N–H and O–H groups in total. The van der Waals surface area contributed by atoms with Gasteiger partial charge in [-0.05, 0) is 6.07 Å². The molecule has 1 aliphatic rings. The number of carboxylic acids is 1. The number of amides is 1. The number of nitrogens with one attached hydrogen (secondary N) is 1. The van der Waals surface area contributed by atoms with Gasteiger partial charge in [0.05, 0.1) is 30.2 Å². The van der Waals surface area contributed by atoms with Gasteiger partial charge in [-0.15, -0.1) is 0 Å². The van der Waals surface area contributed by atoms with Crippen molar-refractivity contribution in [1.82, 2.24) is 5.32 Å². The minimum absolute atomic E-state index is 0.0140. The highest BCUT2D eigenvalue weighted by Crippen LogP contribution is 2.18. The summed E-state index contributed by atoms with van der Waals surface area (Å²) in [5, 5.41) is 22.0. The van der Waals surface area contributed by atoms with Gasteiger partial charge in [-0.2, -0.15) is 0 Å². The maximum absolute atomic E-state index is 13.3. The molecule has 2 unspecified atom stereocenters. The molecule has 8 nitrogen and oxygen atoms in total. The summed E-state index contributed by atoms with van der Waals surface area (Å²) in [6.45, 7) is -0.0241. The van der Waals surface area contributed by atoms with E-state index in [1.165, 1.54) is 0 Å². The Balaban J connectivity index is 2.17. The summed E-state index contributed by atoms with van der Waals surface area (Å²) in [7, 11) is 0. The molecule has 2 atom stereocenters. The summed E-state index contributed by atoms with van der Waals surface area (Å²) in [5.41, 5.74) is -0.810. The molecule has 1 aromatic rings. The fraction of sp³-hybridized carbons (Fsp3) is 0.333. The van der Waals surface area contributed by atoms with E-state index in [1.807, 2.05) is 0 Å². The molecule has 0 spiro atoms. The number of nitro groups is 1. The van der Waals surface area contributed by atoms with Gasteiger partial charge in [0.15, 0.2) is 0 Å². The van der Waals surface area contributed by atoms with Gasteiger partial charge in [-0.3, -0.25) is 19.7 Å². The monoisotopic (exact) mass is 298 g/mol. The zero-order chi connectivity index (χ0) is 15.6. The van der Waals surface area contributed by atoms with Crippen LogP contribution in [0, 0.1) is 21.8 Å². The van der Waals surface area contributed by atoms with E-state index in [-0.39, 0.29) is 18.8 Å². The van der Waals surface area contributed by atoms with E-state index in [1.54, 1.807) is 0 Å². The predicted octanol–water partition coefficient (Wildman–Crippen LogP) is 0.563. The van der Waals surface area contributed by atoms with Crippen LogP contribution in [0.4, 0.5) is 10.1 Å². The lowest BCUT2D eigenvalue weighted by Crippen LogP contribution is -2.42. The molecule has 9 heteroatoms. The number of halogens is 1. The number of aliphatic carboxylic acids is 1. The van der Waals surface area contributed by atoms with Crippen molar-refractivity contribution >= 4 is 17.6 Å². The van der Waals surface area contributed by atoms with Crippen LogP contribution < -0.4 is 5.32 Å². The van der Waals surface area contributed by atoms with Crippen LogP contribution in [-0.2, 0) is 9.53 Å². The van der Waals surface area contributed by atoms with E-state index < -0.39 is 40.3 Å². The molecule has 0 aromatic heterocycles. The summed E-state index contributed by atoms with van der Waals surface area (Å²) in [5.74, 6) is -3.74. The van der Waals surface area contributed by atoms with E-state index in [9.17, 15) is 24.1 Å². The highest BCUT2D eigenvalue weighted by atomic mass is 19.1. The second-order valence-corrected chi connectivity index (χ2v) is 4.52. The van der Waals surface area contributed by atoms with Crippen LogP contribution >= 0.6 is 0 Å². The first-order chi connectivity index (χ1) is 9.88. The highest BCUT2D eigenvalue weighted by molar-refractivity contribution is 5.95. The third-order valence-corrected chi connectivity index (χ3v) is 3.07. The van der Waals surface area contributed by atoms with Crippen molar-refractivity contribution in [1.29, 1.82) is 0 Å². The van der Waals surface area contributed by atoms with Crippen molar-refractivity contribution in [3.05, 3.63) is 39.7 Å². The van der Waals surface area contributed by atoms with Crippen LogP contribution in [0.2, 0.25) is 0 Å². The molecular formula is C12H11FN2O6. The minimum atomic E-state index is -1.12. The standard InChI is InChI=1S/C12H11FN2O6/c13-7-1-6(2-8(3-7)15(19)20)11(16)14-10-5-21-4-9(10)12(17)18/h1-3,9-10H,4-5H2,(H,14,16)(H,17,18). The van der Waals surface area contributed by atoms with Gasteiger partial charge in [-0.1, -0.05) is 0 Å². The van der Waals surface area contributed by atoms with Crippen molar-refractivity contribution < 1.29 is 28.7 Å². The average molecular weight is 298 g/mol. The van der Waals surface area contributed by atoms with Crippen LogP contribution in [-0.4, -0.2) is 41.2 Å². The molecule has 0 saturated carbocycles. The lowest BCUT2D eigenvalue weighted by molar-refractivity contribution is -0.385. The molecular weight excluding hydrogens is 287 g/mol. The zero-order valence-electron chi connectivity index (χ0n) is 10.6. The molecule has 1 aliphatic heterocycles. The molecule has 21 heavy (non-hydrogen) atoms. The zero-order valence-corrected chi connectivity index (χ0v) is 10.6. The smallest absolute Gasteiger partial charge is 0.311 e. The molecule has 2 rings (SSSR count). The summed E-state index contributed by atoms with van der Waals surface area (Å²) in [6, 6.07) is 1.69. The van der Waals surface area contributed by atoms with Gasteiger partial charge < -0.3 is 15.2 Å². The first-order valence-electron chi connectivity index (χ1n) is 5.95. The Kier molecular flexibility index (Phi) is 4.13. The normalized spacial score (nSPS) is 21.0. The summed E-state index contributed by atoms with van der Waals surface area (Å²) < 4.78 is 18.2. The van der Waals surface area contributed by atoms with E-state index >= 15 is 0 Å². The third kappa shape index (κ3) is 3.31. The van der Waals surface area contributed by atoms with Crippen LogP contribution in [0.1, 0.15) is 10.4 Å². The fourth-order valence-corrected chi connectivity index (χ4v) is 2.00. The number of nitrogens with zero attached hydrogens (tertiary/aromatic N) is 1. The van der Waals surface area contributed by atoms with E-state index in [0.717, 1.165) is 12.1 Å². The number of ether oxygens (including phenoxy) is 1. The first kappa shape index (κ1) is 14.9. The van der Waals surface area contributed by atoms with Gasteiger partial charge >= 0.3 is 5.97 Å². The van der Waals surface area contributed by atoms with Crippen molar-refractivity contribution in [3.63, 3.8) is 0 Å². The molecule has 1 fully saturated rings. The van der Waals surface area contributed by atoms with E-state index in [0.29, 0.717) is 6.07 Å². The number of rotatable bonds is 4. The van der Waals surface area contributed by atoms with Crippen molar-refractivity contribution in [2.24, 2.45) is 5.92 Å². The number of non-ortho nitro benzene ring substituents is 1. The van der Waals surface area contributed by atoms with Crippen LogP contribution in [0.25, 0.3) is 0 Å². The van der Waals surface area contributed by atoms with Crippen molar-refractivity contribution in [2.75, 3.05) is 13.2 Å². The molecule has 112 valence electrons. The molecule has 1 amide bonds. The largest absolute Gasteiger partial charge is 0.481 e. The van der Waals surface area contributed by atoms with Crippen LogP contribution in [0.5, 0.6) is 0 Å². The van der Waals surface area contributed by atoms with Crippen molar-refractivity contribution in [2.45, 2.75) is 6.04 Å². The maximum Gasteiger partial charge on any atom is 0.311 e. The average Bonchev–Trinajstić information content (AvgIpc) is 2.86. The van der Waals surface area contributed by atoms with Gasteiger partial charge in [0.1, 0.15) is 11.7 Å². The fourth-order valence-electron chi connectivity index (χ4n) is 2.00. The topological polar surface area (TPSA) is 119 Å². The quantitative estimate of drug-likeness (QED) is 0.619. The minimum Gasteiger partial charge on any atom is -0.481 e. The number of carbonyl (C=O) groups excluding carboxylic acids is 1. The Morgan fingerprint density at radius 1 is 1.38 bits per heavy atom. The predicted molar refractivity (Wildman–Crippen MR) is 66.3 cm³/mol. The number of benzene rings is 1. The molecule has 0 bridgehead atoms. The highest BCUT2D eigenvalue weighted by Gasteiger charge is 2.35. The van der Waals surface area contributed by atoms with Crippen LogP contribution in [0.15, 0.2) is 18.2 Å². The maximum atomic E-state index is 13.3. The third-order valence-electron chi connectivity index (χ3n) is 3.07. The number of hydrogen-bond donors (Lipinski definition) is 2. The number of carboxylic acid groups (broad SMARTS) is 1. The number of carbonyl (C=O) groups is 2.